The molecule has 2 atom stereocenters. The smallest absolute Gasteiger partial charge is 0.296 e. The van der Waals surface area contributed by atoms with Crippen molar-refractivity contribution in [1.82, 2.24) is 9.97 Å². The van der Waals surface area contributed by atoms with Crippen molar-refractivity contribution in [2.75, 3.05) is 12.1 Å². The fourth-order valence-corrected chi connectivity index (χ4v) is 5.55. The summed E-state index contributed by atoms with van der Waals surface area (Å²) in [5.74, 6) is 0.0345. The Morgan fingerprint density at radius 2 is 1.70 bits per heavy atom. The van der Waals surface area contributed by atoms with E-state index in [-0.39, 0.29) is 35.3 Å². The number of ether oxygens (including phenoxy) is 2. The number of carbonyl (C=O) groups excluding carboxylic acids is 1. The molecule has 33 heavy (non-hydrogen) atoms. The van der Waals surface area contributed by atoms with Crippen molar-refractivity contribution < 1.29 is 19.2 Å². The highest BCUT2D eigenvalue weighted by molar-refractivity contribution is 6.03. The van der Waals surface area contributed by atoms with Gasteiger partial charge in [-0.05, 0) is 18.3 Å². The third kappa shape index (κ3) is 2.34. The van der Waals surface area contributed by atoms with Crippen molar-refractivity contribution in [3.05, 3.63) is 45.0 Å². The number of anilines is 1. The standard InChI is InChI=1S/C22H18N6O5/c1-20(2)21(3)4-5-22(20,18-17(21)25-12(8-23)13(9-24)26-18)19(29)27-11-6-15-16(33-10-32-15)7-14(11)28(30)31/h6-7H,4-5,10H2,1-3H3,(H,27,29). The SMILES string of the molecule is CC12CCC(C(=O)Nc3cc4c(cc3[N+](=O)[O-])OCO4)(c3nc(C#N)c(C#N)nc31)C2(C)C. The van der Waals surface area contributed by atoms with Crippen molar-refractivity contribution in [1.29, 1.82) is 10.5 Å². The van der Waals surface area contributed by atoms with Crippen LogP contribution >= 0.6 is 0 Å². The maximum absolute atomic E-state index is 13.9. The molecule has 1 aliphatic heterocycles. The van der Waals surface area contributed by atoms with Gasteiger partial charge in [0.15, 0.2) is 22.9 Å². The second-order valence-electron chi connectivity index (χ2n) is 9.14. The Balaban J connectivity index is 1.67. The second kappa shape index (κ2) is 6.39. The Bertz CT molecular complexity index is 1360. The Labute approximate surface area is 188 Å². The van der Waals surface area contributed by atoms with Crippen LogP contribution in [0.2, 0.25) is 0 Å². The molecule has 1 saturated carbocycles. The highest BCUT2D eigenvalue weighted by Gasteiger charge is 2.73. The first-order valence-electron chi connectivity index (χ1n) is 10.2. The molecule has 11 nitrogen and oxygen atoms in total. The van der Waals surface area contributed by atoms with Crippen LogP contribution in [0, 0.1) is 38.2 Å². The quantitative estimate of drug-likeness (QED) is 0.551. The van der Waals surface area contributed by atoms with E-state index in [0.717, 1.165) is 0 Å². The van der Waals surface area contributed by atoms with E-state index in [1.807, 2.05) is 32.9 Å². The van der Waals surface area contributed by atoms with Crippen molar-refractivity contribution in [2.45, 2.75) is 44.4 Å². The average molecular weight is 446 g/mol. The number of hydrogen-bond donors (Lipinski definition) is 1. The molecule has 5 rings (SSSR count). The van der Waals surface area contributed by atoms with E-state index in [2.05, 4.69) is 15.3 Å². The summed E-state index contributed by atoms with van der Waals surface area (Å²) in [4.78, 5) is 33.9. The number of nitriles is 2. The van der Waals surface area contributed by atoms with E-state index in [0.29, 0.717) is 30.0 Å². The van der Waals surface area contributed by atoms with Crippen LogP contribution in [0.5, 0.6) is 11.5 Å². The van der Waals surface area contributed by atoms with Gasteiger partial charge in [0.05, 0.1) is 27.8 Å². The van der Waals surface area contributed by atoms with E-state index >= 15 is 0 Å². The van der Waals surface area contributed by atoms with Crippen molar-refractivity contribution in [2.24, 2.45) is 5.41 Å². The molecule has 0 radical (unpaired) electrons. The minimum Gasteiger partial charge on any atom is -0.454 e. The average Bonchev–Trinajstić information content (AvgIpc) is 3.36. The van der Waals surface area contributed by atoms with Gasteiger partial charge in [-0.3, -0.25) is 14.9 Å². The van der Waals surface area contributed by atoms with Crippen molar-refractivity contribution in [3.63, 3.8) is 0 Å². The van der Waals surface area contributed by atoms with Gasteiger partial charge in [-0.15, -0.1) is 0 Å². The van der Waals surface area contributed by atoms with Crippen LogP contribution in [0.25, 0.3) is 0 Å². The molecule has 3 aliphatic rings. The van der Waals surface area contributed by atoms with Crippen LogP contribution in [0.4, 0.5) is 11.4 Å². The highest BCUT2D eigenvalue weighted by Crippen LogP contribution is 2.70. The van der Waals surface area contributed by atoms with E-state index in [4.69, 9.17) is 9.47 Å². The molecule has 11 heteroatoms. The molecule has 1 aromatic heterocycles. The number of nitro groups is 1. The van der Waals surface area contributed by atoms with E-state index in [9.17, 15) is 25.4 Å². The van der Waals surface area contributed by atoms with Gasteiger partial charge < -0.3 is 14.8 Å². The summed E-state index contributed by atoms with van der Waals surface area (Å²) in [5, 5.41) is 33.3. The summed E-state index contributed by atoms with van der Waals surface area (Å²) >= 11 is 0. The van der Waals surface area contributed by atoms with E-state index < -0.39 is 27.1 Å². The molecular weight excluding hydrogens is 428 g/mol. The lowest BCUT2D eigenvalue weighted by atomic mass is 9.63. The molecule has 2 bridgehead atoms. The van der Waals surface area contributed by atoms with Gasteiger partial charge in [-0.2, -0.15) is 10.5 Å². The number of benzene rings is 1. The molecule has 1 N–H and O–H groups in total. The zero-order valence-electron chi connectivity index (χ0n) is 18.1. The van der Waals surface area contributed by atoms with Crippen molar-refractivity contribution >= 4 is 17.3 Å². The zero-order chi connectivity index (χ0) is 23.8. The van der Waals surface area contributed by atoms with Crippen LogP contribution in [0.15, 0.2) is 12.1 Å². The second-order valence-corrected chi connectivity index (χ2v) is 9.14. The number of hydrogen-bond acceptors (Lipinski definition) is 9. The number of nitrogens with one attached hydrogen (secondary N) is 1. The number of carbonyl (C=O) groups is 1. The predicted molar refractivity (Wildman–Crippen MR) is 111 cm³/mol. The fourth-order valence-electron chi connectivity index (χ4n) is 5.55. The van der Waals surface area contributed by atoms with Gasteiger partial charge in [0.1, 0.15) is 17.8 Å². The Hall–Kier alpha value is -4.25. The van der Waals surface area contributed by atoms with Crippen LogP contribution in [0.1, 0.15) is 56.4 Å². The lowest BCUT2D eigenvalue weighted by molar-refractivity contribution is -0.384. The van der Waals surface area contributed by atoms with Crippen molar-refractivity contribution in [3.8, 4) is 23.6 Å². The monoisotopic (exact) mass is 446 g/mol. The molecular formula is C22H18N6O5. The van der Waals surface area contributed by atoms with Crippen LogP contribution < -0.4 is 14.8 Å². The lowest BCUT2D eigenvalue weighted by Gasteiger charge is -2.39. The van der Waals surface area contributed by atoms with Gasteiger partial charge in [0.25, 0.3) is 5.69 Å². The molecule has 2 aliphatic carbocycles. The lowest BCUT2D eigenvalue weighted by Crippen LogP contribution is -2.48. The highest BCUT2D eigenvalue weighted by atomic mass is 16.7. The number of fused-ring (bicyclic) bond motifs is 6. The summed E-state index contributed by atoms with van der Waals surface area (Å²) in [6, 6.07) is 6.38. The molecule has 166 valence electrons. The fraction of sp³-hybridized carbons (Fsp3) is 0.409. The molecule has 0 spiro atoms. The summed E-state index contributed by atoms with van der Waals surface area (Å²) in [5.41, 5.74) is -2.19. The first-order valence-corrected chi connectivity index (χ1v) is 10.2. The predicted octanol–water partition coefficient (Wildman–Crippen LogP) is 2.82. The largest absolute Gasteiger partial charge is 0.454 e. The van der Waals surface area contributed by atoms with Gasteiger partial charge >= 0.3 is 0 Å². The van der Waals surface area contributed by atoms with Crippen LogP contribution in [-0.4, -0.2) is 27.6 Å². The third-order valence-electron chi connectivity index (χ3n) is 7.80. The summed E-state index contributed by atoms with van der Waals surface area (Å²) in [7, 11) is 0. The maximum atomic E-state index is 13.9. The topological polar surface area (TPSA) is 164 Å². The Morgan fingerprint density at radius 3 is 2.30 bits per heavy atom. The Kier molecular flexibility index (Phi) is 4.00. The van der Waals surface area contributed by atoms with E-state index in [1.54, 1.807) is 0 Å². The van der Waals surface area contributed by atoms with Crippen LogP contribution in [-0.2, 0) is 15.6 Å². The minimum absolute atomic E-state index is 0.0245. The molecule has 1 fully saturated rings. The van der Waals surface area contributed by atoms with Crippen LogP contribution in [0.3, 0.4) is 0 Å². The molecule has 2 unspecified atom stereocenters. The summed E-state index contributed by atoms with van der Waals surface area (Å²) in [6.07, 6.45) is 1.02. The summed E-state index contributed by atoms with van der Waals surface area (Å²) in [6.45, 7) is 5.75. The Morgan fingerprint density at radius 1 is 1.09 bits per heavy atom. The maximum Gasteiger partial charge on any atom is 0.296 e. The van der Waals surface area contributed by atoms with Gasteiger partial charge in [0.2, 0.25) is 12.7 Å². The number of nitrogens with zero attached hydrogens (tertiary/aromatic N) is 5. The normalized spacial score (nSPS) is 25.1. The van der Waals surface area contributed by atoms with Gasteiger partial charge in [-0.25, -0.2) is 9.97 Å². The number of amides is 1. The van der Waals surface area contributed by atoms with Gasteiger partial charge in [-0.1, -0.05) is 20.8 Å². The molecule has 2 aromatic rings. The third-order valence-corrected chi connectivity index (χ3v) is 7.80. The first-order chi connectivity index (χ1) is 15.6. The van der Waals surface area contributed by atoms with Gasteiger partial charge in [0, 0.05) is 11.5 Å². The molecule has 1 aromatic carbocycles. The number of aromatic nitrogens is 2. The first kappa shape index (κ1) is 20.6. The molecule has 1 amide bonds. The minimum atomic E-state index is -1.20. The van der Waals surface area contributed by atoms with E-state index in [1.165, 1.54) is 12.1 Å². The number of nitro benzene ring substituents is 1. The zero-order valence-corrected chi connectivity index (χ0v) is 18.1. The molecule has 0 saturated heterocycles. The molecule has 2 heterocycles. The number of rotatable bonds is 3. The summed E-state index contributed by atoms with van der Waals surface area (Å²) < 4.78 is 10.5.